The molecule has 0 heterocycles. The molecule has 9 heteroatoms. The molecule has 300 valence electrons. The van der Waals surface area contributed by atoms with E-state index in [0.717, 1.165) is 44.6 Å². The number of ether oxygens (including phenoxy) is 4. The number of carbonyl (C=O) groups is 1. The fourth-order valence-electron chi connectivity index (χ4n) is 6.27. The van der Waals surface area contributed by atoms with Crippen molar-refractivity contribution >= 4 is 29.3 Å². The van der Waals surface area contributed by atoms with Crippen molar-refractivity contribution in [2.75, 3.05) is 27.4 Å². The van der Waals surface area contributed by atoms with E-state index in [1.165, 1.54) is 107 Å². The summed E-state index contributed by atoms with van der Waals surface area (Å²) in [6, 6.07) is 20.2. The number of methoxy groups -OCH3 is 2. The third-order valence-corrected chi connectivity index (χ3v) is 9.56. The van der Waals surface area contributed by atoms with Gasteiger partial charge in [-0.15, -0.1) is 0 Å². The highest BCUT2D eigenvalue weighted by Crippen LogP contribution is 2.43. The second-order valence-electron chi connectivity index (χ2n) is 13.7. The van der Waals surface area contributed by atoms with Gasteiger partial charge in [-0.05, 0) is 96.8 Å². The average Bonchev–Trinajstić information content (AvgIpc) is 3.24. The van der Waals surface area contributed by atoms with Crippen molar-refractivity contribution in [3.8, 4) is 28.4 Å². The summed E-state index contributed by atoms with van der Waals surface area (Å²) in [5.74, 6) is -4.60. The van der Waals surface area contributed by atoms with Crippen LogP contribution in [0.4, 0.5) is 17.6 Å². The minimum Gasteiger partial charge on any atom is -0.496 e. The average molecular weight is 775 g/mol. The summed E-state index contributed by atoms with van der Waals surface area (Å²) in [6.45, 7) is 5.39. The van der Waals surface area contributed by atoms with Crippen LogP contribution in [0.15, 0.2) is 84.9 Å². The van der Waals surface area contributed by atoms with Gasteiger partial charge < -0.3 is 18.9 Å². The van der Waals surface area contributed by atoms with Crippen molar-refractivity contribution in [3.05, 3.63) is 113 Å². The van der Waals surface area contributed by atoms with Crippen molar-refractivity contribution in [3.63, 3.8) is 0 Å². The third-order valence-electron chi connectivity index (χ3n) is 9.56. The van der Waals surface area contributed by atoms with Crippen LogP contribution in [0.2, 0.25) is 0 Å². The Morgan fingerprint density at radius 3 is 1.38 bits per heavy atom. The van der Waals surface area contributed by atoms with E-state index >= 15 is 17.6 Å². The first-order valence-electron chi connectivity index (χ1n) is 19.7. The van der Waals surface area contributed by atoms with E-state index in [-0.39, 0.29) is 39.1 Å². The molecule has 0 saturated heterocycles. The van der Waals surface area contributed by atoms with E-state index in [1.807, 2.05) is 0 Å². The first-order valence-corrected chi connectivity index (χ1v) is 19.7. The van der Waals surface area contributed by atoms with E-state index in [0.29, 0.717) is 30.3 Å². The van der Waals surface area contributed by atoms with Gasteiger partial charge in [0.15, 0.2) is 23.3 Å². The summed E-state index contributed by atoms with van der Waals surface area (Å²) in [4.78, 5) is 12.1. The van der Waals surface area contributed by atoms with Crippen LogP contribution in [0.5, 0.6) is 17.2 Å². The Bertz CT molecular complexity index is 1880. The molecule has 4 aromatic carbocycles. The summed E-state index contributed by atoms with van der Waals surface area (Å²) in [7, 11) is 2.47. The molecule has 0 aromatic heterocycles. The molecule has 0 aliphatic carbocycles. The van der Waals surface area contributed by atoms with Gasteiger partial charge >= 0.3 is 5.97 Å². The van der Waals surface area contributed by atoms with Gasteiger partial charge in [-0.2, -0.15) is 0 Å². The molecule has 5 nitrogen and oxygen atoms in total. The van der Waals surface area contributed by atoms with Gasteiger partial charge in [0.05, 0.1) is 38.6 Å². The highest BCUT2D eigenvalue weighted by Gasteiger charge is 2.24. The second-order valence-corrected chi connectivity index (χ2v) is 13.7. The first kappa shape index (κ1) is 43.7. The molecule has 0 amide bonds. The number of unbranched alkanes of at least 4 members (excludes halogenated alkanes) is 10. The lowest BCUT2D eigenvalue weighted by atomic mass is 9.93. The third kappa shape index (κ3) is 12.5. The molecule has 0 fully saturated rings. The van der Waals surface area contributed by atoms with E-state index in [2.05, 4.69) is 13.8 Å². The van der Waals surface area contributed by atoms with Crippen LogP contribution < -0.4 is 14.2 Å². The maximum atomic E-state index is 16.3. The SMILES string of the molecule is CCCCCCCCOc1ccc(/C(F)=C(\F)c2cc(-c3ccc(C(=O)OC)cc3)c(/C(F)=C(\F)c3ccc(OCCCCCCCC)cc3)cc2OC)cc1. The zero-order valence-electron chi connectivity index (χ0n) is 33.0. The number of carbonyl (C=O) groups excluding carboxylic acids is 1. The lowest BCUT2D eigenvalue weighted by Gasteiger charge is -2.16. The topological polar surface area (TPSA) is 54.0 Å². The Morgan fingerprint density at radius 1 is 0.500 bits per heavy atom. The minimum absolute atomic E-state index is 0.0325. The van der Waals surface area contributed by atoms with E-state index in [9.17, 15) is 4.79 Å². The molecule has 0 aliphatic rings. The number of benzene rings is 4. The number of halogens is 4. The molecule has 0 saturated carbocycles. The Labute approximate surface area is 329 Å². The van der Waals surface area contributed by atoms with Gasteiger partial charge in [-0.1, -0.05) is 90.2 Å². The Morgan fingerprint density at radius 2 is 0.929 bits per heavy atom. The van der Waals surface area contributed by atoms with E-state index < -0.39 is 29.3 Å². The van der Waals surface area contributed by atoms with Crippen LogP contribution in [0, 0.1) is 0 Å². The van der Waals surface area contributed by atoms with Crippen molar-refractivity contribution in [1.82, 2.24) is 0 Å². The van der Waals surface area contributed by atoms with Crippen molar-refractivity contribution in [2.45, 2.75) is 90.9 Å². The predicted octanol–water partition coefficient (Wildman–Crippen LogP) is 14.2. The highest BCUT2D eigenvalue weighted by molar-refractivity contribution is 5.95. The van der Waals surface area contributed by atoms with Gasteiger partial charge in [0.1, 0.15) is 17.2 Å². The smallest absolute Gasteiger partial charge is 0.337 e. The maximum absolute atomic E-state index is 16.3. The predicted molar refractivity (Wildman–Crippen MR) is 218 cm³/mol. The summed E-state index contributed by atoms with van der Waals surface area (Å²) in [6.07, 6.45) is 13.4. The van der Waals surface area contributed by atoms with Gasteiger partial charge in [0, 0.05) is 16.7 Å². The van der Waals surface area contributed by atoms with Gasteiger partial charge in [0.25, 0.3) is 0 Å². The Balaban J connectivity index is 1.64. The molecular formula is C47H54F4O5. The number of esters is 1. The lowest BCUT2D eigenvalue weighted by molar-refractivity contribution is 0.0600. The summed E-state index contributed by atoms with van der Waals surface area (Å²) in [5, 5.41) is 0. The molecule has 4 rings (SSSR count). The molecule has 0 bridgehead atoms. The van der Waals surface area contributed by atoms with Crippen molar-refractivity contribution in [1.29, 1.82) is 0 Å². The molecular weight excluding hydrogens is 721 g/mol. The van der Waals surface area contributed by atoms with Crippen molar-refractivity contribution < 1.29 is 41.3 Å². The molecule has 0 unspecified atom stereocenters. The maximum Gasteiger partial charge on any atom is 0.337 e. The quantitative estimate of drug-likeness (QED) is 0.0325. The molecule has 56 heavy (non-hydrogen) atoms. The van der Waals surface area contributed by atoms with Gasteiger partial charge in [-0.3, -0.25) is 0 Å². The van der Waals surface area contributed by atoms with E-state index in [1.54, 1.807) is 24.3 Å². The standard InChI is InChI=1S/C47H54F4O5/c1-5-7-9-11-13-15-29-55-37-25-21-34(22-26-37)43(48)45(50)40-32-42(53-3)41(31-39(40)33-17-19-36(20-18-33)47(52)54-4)46(51)44(49)35-23-27-38(28-24-35)56-30-16-14-12-10-8-6-2/h17-28,31-32H,5-16,29-30H2,1-4H3/b45-43+,46-44+. The second kappa shape index (κ2) is 23.1. The van der Waals surface area contributed by atoms with Crippen molar-refractivity contribution in [2.24, 2.45) is 0 Å². The molecule has 0 aliphatic heterocycles. The fourth-order valence-corrected chi connectivity index (χ4v) is 6.27. The molecule has 4 aromatic rings. The number of rotatable bonds is 23. The Kier molecular flexibility index (Phi) is 18.0. The van der Waals surface area contributed by atoms with Crippen LogP contribution in [0.25, 0.3) is 34.4 Å². The number of hydrogen-bond donors (Lipinski definition) is 0. The lowest BCUT2D eigenvalue weighted by Crippen LogP contribution is -2.01. The summed E-state index contributed by atoms with van der Waals surface area (Å²) < 4.78 is 86.1. The van der Waals surface area contributed by atoms with Gasteiger partial charge in [-0.25, -0.2) is 22.4 Å². The van der Waals surface area contributed by atoms with Crippen LogP contribution >= 0.6 is 0 Å². The molecule has 0 N–H and O–H groups in total. The number of hydrogen-bond acceptors (Lipinski definition) is 5. The summed E-state index contributed by atoms with van der Waals surface area (Å²) in [5.41, 5.74) is -0.115. The van der Waals surface area contributed by atoms with E-state index in [4.69, 9.17) is 18.9 Å². The molecule has 0 radical (unpaired) electrons. The molecule has 0 spiro atoms. The zero-order chi connectivity index (χ0) is 40.3. The highest BCUT2D eigenvalue weighted by atomic mass is 19.2. The Hall–Kier alpha value is -5.05. The zero-order valence-corrected chi connectivity index (χ0v) is 33.0. The normalized spacial score (nSPS) is 12.1. The van der Waals surface area contributed by atoms with Crippen LogP contribution in [0.1, 0.15) is 124 Å². The van der Waals surface area contributed by atoms with Crippen LogP contribution in [-0.4, -0.2) is 33.4 Å². The monoisotopic (exact) mass is 774 g/mol. The fraction of sp³-hybridized carbons (Fsp3) is 0.383. The molecule has 0 atom stereocenters. The largest absolute Gasteiger partial charge is 0.496 e. The summed E-state index contributed by atoms with van der Waals surface area (Å²) >= 11 is 0. The van der Waals surface area contributed by atoms with Gasteiger partial charge in [0.2, 0.25) is 0 Å². The minimum atomic E-state index is -1.26. The first-order chi connectivity index (χ1) is 27.2. The van der Waals surface area contributed by atoms with Crippen LogP contribution in [-0.2, 0) is 4.74 Å². The van der Waals surface area contributed by atoms with Crippen LogP contribution in [0.3, 0.4) is 0 Å².